The standard InChI is InChI=1S/C29H32N2O2S.CH3NO2/c1-2-3-5-10-23-15-17-25(18-16-23)34(32,33)30-20-19-27-26-13-8-9-14-28(26)31(29(27)22-30)21-24-11-6-4-7-12-24;3-1-2-4/h4,6-9,11-18H,2-3,5,10,19-22H2,1H3;1,4H,(H,2,3). The molecule has 1 amide bonds. The zero-order valence-corrected chi connectivity index (χ0v) is 22.5. The molecule has 0 atom stereocenters. The lowest BCUT2D eigenvalue weighted by molar-refractivity contribution is -0.116. The van der Waals surface area contributed by atoms with Crippen molar-refractivity contribution in [2.75, 3.05) is 6.54 Å². The number of unbranched alkanes of at least 4 members (excludes halogenated alkanes) is 2. The molecule has 0 saturated heterocycles. The fourth-order valence-corrected chi connectivity index (χ4v) is 6.48. The van der Waals surface area contributed by atoms with E-state index in [1.165, 1.54) is 45.9 Å². The lowest BCUT2D eigenvalue weighted by Gasteiger charge is -2.28. The summed E-state index contributed by atoms with van der Waals surface area (Å²) in [6.45, 7) is 3.83. The molecular weight excluding hydrogens is 498 g/mol. The molecule has 3 aromatic carbocycles. The van der Waals surface area contributed by atoms with E-state index in [-0.39, 0.29) is 6.41 Å². The summed E-state index contributed by atoms with van der Waals surface area (Å²) in [7, 11) is -3.55. The molecule has 0 aliphatic carbocycles. The number of sulfonamides is 1. The Kier molecular flexibility index (Phi) is 9.33. The zero-order chi connectivity index (χ0) is 27.0. The first-order chi connectivity index (χ1) is 18.5. The Balaban J connectivity index is 0.000000786. The van der Waals surface area contributed by atoms with Gasteiger partial charge in [-0.1, -0.05) is 80.4 Å². The summed E-state index contributed by atoms with van der Waals surface area (Å²) in [5.41, 5.74) is 7.23. The fraction of sp³-hybridized carbons (Fsp3) is 0.300. The normalized spacial score (nSPS) is 13.4. The highest BCUT2D eigenvalue weighted by Crippen LogP contribution is 2.33. The van der Waals surface area contributed by atoms with Gasteiger partial charge in [0, 0.05) is 29.7 Å². The van der Waals surface area contributed by atoms with E-state index in [1.54, 1.807) is 16.4 Å². The third-order valence-electron chi connectivity index (χ3n) is 7.00. The van der Waals surface area contributed by atoms with Crippen LogP contribution in [0.25, 0.3) is 10.9 Å². The Hall–Kier alpha value is -3.46. The number of fused-ring (bicyclic) bond motifs is 3. The number of rotatable bonds is 9. The summed E-state index contributed by atoms with van der Waals surface area (Å²) in [6, 6.07) is 26.3. The first-order valence-corrected chi connectivity index (χ1v) is 14.5. The van der Waals surface area contributed by atoms with Crippen molar-refractivity contribution in [2.45, 2.75) is 57.0 Å². The molecule has 0 unspecified atom stereocenters. The summed E-state index contributed by atoms with van der Waals surface area (Å²) in [6.07, 6.45) is 5.44. The SMILES string of the molecule is CCCCCc1ccc(S(=O)(=O)N2CCc3c(n(Cc4ccccc4)c4ccccc34)C2)cc1.O=CNO. The minimum absolute atomic E-state index is 0.181. The lowest BCUT2D eigenvalue weighted by Crippen LogP contribution is -2.36. The largest absolute Gasteiger partial charge is 0.339 e. The number of para-hydroxylation sites is 1. The number of carbonyl (C=O) groups excluding carboxylic acids is 1. The van der Waals surface area contributed by atoms with Crippen molar-refractivity contribution in [3.8, 4) is 0 Å². The number of carbonyl (C=O) groups is 1. The average Bonchev–Trinajstić information content (AvgIpc) is 3.27. The Bertz CT molecular complexity index is 1450. The van der Waals surface area contributed by atoms with E-state index in [0.717, 1.165) is 31.5 Å². The predicted molar refractivity (Wildman–Crippen MR) is 149 cm³/mol. The molecule has 8 heteroatoms. The van der Waals surface area contributed by atoms with Crippen molar-refractivity contribution >= 4 is 27.3 Å². The number of hydrogen-bond acceptors (Lipinski definition) is 4. The van der Waals surface area contributed by atoms with Crippen LogP contribution in [0, 0.1) is 0 Å². The molecule has 7 nitrogen and oxygen atoms in total. The molecule has 0 saturated carbocycles. The number of amides is 1. The summed E-state index contributed by atoms with van der Waals surface area (Å²) in [5.74, 6) is 0. The number of nitrogens with zero attached hydrogens (tertiary/aromatic N) is 2. The van der Waals surface area contributed by atoms with Crippen molar-refractivity contribution in [1.82, 2.24) is 14.4 Å². The minimum Gasteiger partial charge on any atom is -0.339 e. The average molecular weight is 534 g/mol. The molecular formula is C30H35N3O4S. The minimum atomic E-state index is -3.55. The van der Waals surface area contributed by atoms with Gasteiger partial charge in [-0.3, -0.25) is 10.0 Å². The number of benzene rings is 3. The van der Waals surface area contributed by atoms with Crippen LogP contribution in [0.1, 0.15) is 48.6 Å². The number of hydrogen-bond donors (Lipinski definition) is 2. The molecule has 0 radical (unpaired) electrons. The van der Waals surface area contributed by atoms with Gasteiger partial charge in [0.1, 0.15) is 0 Å². The van der Waals surface area contributed by atoms with Crippen LogP contribution in [0.5, 0.6) is 0 Å². The van der Waals surface area contributed by atoms with Crippen molar-refractivity contribution in [2.24, 2.45) is 0 Å². The van der Waals surface area contributed by atoms with E-state index >= 15 is 0 Å². The third-order valence-corrected chi connectivity index (χ3v) is 8.86. The van der Waals surface area contributed by atoms with Crippen LogP contribution in [0.3, 0.4) is 0 Å². The van der Waals surface area contributed by atoms with Crippen LogP contribution >= 0.6 is 0 Å². The molecule has 200 valence electrons. The highest BCUT2D eigenvalue weighted by atomic mass is 32.2. The molecule has 38 heavy (non-hydrogen) atoms. The lowest BCUT2D eigenvalue weighted by atomic mass is 10.0. The maximum Gasteiger partial charge on any atom is 0.243 e. The topological polar surface area (TPSA) is 91.6 Å². The first kappa shape index (κ1) is 27.6. The summed E-state index contributed by atoms with van der Waals surface area (Å²) >= 11 is 0. The Morgan fingerprint density at radius 1 is 0.921 bits per heavy atom. The van der Waals surface area contributed by atoms with Gasteiger partial charge in [0.15, 0.2) is 0 Å². The van der Waals surface area contributed by atoms with E-state index < -0.39 is 10.0 Å². The monoisotopic (exact) mass is 533 g/mol. The van der Waals surface area contributed by atoms with Gasteiger partial charge in [0.2, 0.25) is 16.4 Å². The van der Waals surface area contributed by atoms with Crippen LogP contribution in [0.4, 0.5) is 0 Å². The zero-order valence-electron chi connectivity index (χ0n) is 21.7. The quantitative estimate of drug-likeness (QED) is 0.132. The smallest absolute Gasteiger partial charge is 0.243 e. The van der Waals surface area contributed by atoms with E-state index in [2.05, 4.69) is 60.0 Å². The summed E-state index contributed by atoms with van der Waals surface area (Å²) in [4.78, 5) is 9.20. The van der Waals surface area contributed by atoms with Crippen LogP contribution in [0.15, 0.2) is 83.8 Å². The van der Waals surface area contributed by atoms with Crippen molar-refractivity contribution in [3.63, 3.8) is 0 Å². The van der Waals surface area contributed by atoms with Gasteiger partial charge < -0.3 is 4.57 Å². The molecule has 2 heterocycles. The first-order valence-electron chi connectivity index (χ1n) is 13.0. The molecule has 1 aliphatic heterocycles. The maximum absolute atomic E-state index is 13.6. The number of hydroxylamine groups is 1. The van der Waals surface area contributed by atoms with Gasteiger partial charge in [-0.15, -0.1) is 0 Å². The van der Waals surface area contributed by atoms with Crippen molar-refractivity contribution in [1.29, 1.82) is 0 Å². The second kappa shape index (κ2) is 12.9. The van der Waals surface area contributed by atoms with Crippen LogP contribution in [-0.4, -0.2) is 35.5 Å². The maximum atomic E-state index is 13.6. The number of aromatic nitrogens is 1. The molecule has 5 rings (SSSR count). The number of aryl methyl sites for hydroxylation is 1. The second-order valence-electron chi connectivity index (χ2n) is 9.45. The molecule has 1 aliphatic rings. The fourth-order valence-electron chi connectivity index (χ4n) is 5.08. The van der Waals surface area contributed by atoms with Gasteiger partial charge in [-0.2, -0.15) is 4.31 Å². The van der Waals surface area contributed by atoms with Crippen molar-refractivity contribution < 1.29 is 18.4 Å². The second-order valence-corrected chi connectivity index (χ2v) is 11.4. The van der Waals surface area contributed by atoms with Gasteiger partial charge in [0.05, 0.1) is 11.4 Å². The highest BCUT2D eigenvalue weighted by molar-refractivity contribution is 7.89. The van der Waals surface area contributed by atoms with Gasteiger partial charge in [-0.25, -0.2) is 13.9 Å². The summed E-state index contributed by atoms with van der Waals surface area (Å²) < 4.78 is 31.1. The Morgan fingerprint density at radius 2 is 1.61 bits per heavy atom. The van der Waals surface area contributed by atoms with E-state index in [0.29, 0.717) is 18.0 Å². The molecule has 2 N–H and O–H groups in total. The Morgan fingerprint density at radius 3 is 2.29 bits per heavy atom. The van der Waals surface area contributed by atoms with Gasteiger partial charge >= 0.3 is 0 Å². The predicted octanol–water partition coefficient (Wildman–Crippen LogP) is 5.29. The van der Waals surface area contributed by atoms with Crippen LogP contribution in [-0.2, 0) is 40.7 Å². The molecule has 4 aromatic rings. The molecule has 0 fully saturated rings. The van der Waals surface area contributed by atoms with Crippen LogP contribution in [0.2, 0.25) is 0 Å². The number of nitrogens with one attached hydrogen (secondary N) is 1. The van der Waals surface area contributed by atoms with E-state index in [1.807, 2.05) is 18.2 Å². The Labute approximate surface area is 224 Å². The van der Waals surface area contributed by atoms with E-state index in [9.17, 15) is 8.42 Å². The van der Waals surface area contributed by atoms with Gasteiger partial charge in [-0.05, 0) is 54.2 Å². The van der Waals surface area contributed by atoms with Gasteiger partial charge in [0.25, 0.3) is 0 Å². The van der Waals surface area contributed by atoms with Crippen LogP contribution < -0.4 is 5.48 Å². The molecule has 0 spiro atoms. The molecule has 1 aromatic heterocycles. The van der Waals surface area contributed by atoms with Crippen molar-refractivity contribution in [3.05, 3.63) is 101 Å². The highest BCUT2D eigenvalue weighted by Gasteiger charge is 2.31. The molecule has 0 bridgehead atoms. The van der Waals surface area contributed by atoms with E-state index in [4.69, 9.17) is 10.0 Å². The summed E-state index contributed by atoms with van der Waals surface area (Å²) in [5, 5.41) is 8.49. The third kappa shape index (κ3) is 6.15.